The first kappa shape index (κ1) is 19.4. The van der Waals surface area contributed by atoms with E-state index in [1.165, 1.54) is 23.8 Å². The maximum atomic E-state index is 13.1. The zero-order valence-corrected chi connectivity index (χ0v) is 16.2. The first-order valence-corrected chi connectivity index (χ1v) is 10.2. The fourth-order valence-electron chi connectivity index (χ4n) is 2.99. The molecule has 1 aliphatic rings. The van der Waals surface area contributed by atoms with Crippen LogP contribution in [0.2, 0.25) is 0 Å². The van der Waals surface area contributed by atoms with Crippen molar-refractivity contribution in [3.63, 3.8) is 0 Å². The fraction of sp³-hybridized carbons (Fsp3) is 0.444. The smallest absolute Gasteiger partial charge is 0.278 e. The molecule has 0 N–H and O–H groups in total. The van der Waals surface area contributed by atoms with E-state index in [9.17, 15) is 8.42 Å². The highest BCUT2D eigenvalue weighted by Gasteiger charge is 2.33. The molecule has 1 unspecified atom stereocenters. The van der Waals surface area contributed by atoms with Crippen molar-refractivity contribution in [3.8, 4) is 17.5 Å². The van der Waals surface area contributed by atoms with Crippen LogP contribution in [0.4, 0.5) is 0 Å². The molecular weight excluding hydrogens is 370 g/mol. The Kier molecular flexibility index (Phi) is 6.12. The van der Waals surface area contributed by atoms with E-state index in [1.54, 1.807) is 24.3 Å². The van der Waals surface area contributed by atoms with Gasteiger partial charge in [0.05, 0.1) is 20.3 Å². The van der Waals surface area contributed by atoms with Gasteiger partial charge in [-0.1, -0.05) is 12.1 Å². The summed E-state index contributed by atoms with van der Waals surface area (Å²) in [7, 11) is -2.21. The Morgan fingerprint density at radius 1 is 1.19 bits per heavy atom. The number of benzene rings is 1. The summed E-state index contributed by atoms with van der Waals surface area (Å²) in [6.07, 6.45) is 4.09. The van der Waals surface area contributed by atoms with Gasteiger partial charge in [-0.15, -0.1) is 0 Å². The summed E-state index contributed by atoms with van der Waals surface area (Å²) in [6, 6.07) is 6.68. The van der Waals surface area contributed by atoms with Crippen molar-refractivity contribution in [1.82, 2.24) is 14.3 Å². The van der Waals surface area contributed by atoms with Crippen molar-refractivity contribution in [2.24, 2.45) is 0 Å². The van der Waals surface area contributed by atoms with Crippen molar-refractivity contribution < 1.29 is 22.6 Å². The summed E-state index contributed by atoms with van der Waals surface area (Å²) in [6.45, 7) is 2.87. The van der Waals surface area contributed by atoms with E-state index in [4.69, 9.17) is 14.2 Å². The molecule has 1 aliphatic heterocycles. The molecule has 0 bridgehead atoms. The third-order valence-electron chi connectivity index (χ3n) is 4.21. The minimum absolute atomic E-state index is 0.171. The molecule has 1 aromatic heterocycles. The topological polar surface area (TPSA) is 90.9 Å². The first-order chi connectivity index (χ1) is 13.1. The quantitative estimate of drug-likeness (QED) is 0.711. The molecule has 0 radical (unpaired) electrons. The van der Waals surface area contributed by atoms with Gasteiger partial charge >= 0.3 is 0 Å². The first-order valence-electron chi connectivity index (χ1n) is 8.80. The van der Waals surface area contributed by atoms with Crippen molar-refractivity contribution in [3.05, 3.63) is 36.7 Å². The van der Waals surface area contributed by atoms with E-state index < -0.39 is 10.0 Å². The van der Waals surface area contributed by atoms with Gasteiger partial charge in [-0.25, -0.2) is 18.4 Å². The summed E-state index contributed by atoms with van der Waals surface area (Å²) in [5, 5.41) is 0. The van der Waals surface area contributed by atoms with E-state index in [0.717, 1.165) is 6.42 Å². The number of hydrogen-bond donors (Lipinski definition) is 0. The van der Waals surface area contributed by atoms with Crippen LogP contribution in [0.3, 0.4) is 0 Å². The third kappa shape index (κ3) is 4.30. The highest BCUT2D eigenvalue weighted by atomic mass is 32.2. The van der Waals surface area contributed by atoms with E-state index in [2.05, 4.69) is 9.97 Å². The van der Waals surface area contributed by atoms with Gasteiger partial charge in [-0.2, -0.15) is 4.31 Å². The largest absolute Gasteiger partial charge is 0.492 e. The van der Waals surface area contributed by atoms with Crippen LogP contribution in [-0.4, -0.2) is 55.6 Å². The molecule has 9 heteroatoms. The second kappa shape index (κ2) is 8.53. The Bertz CT molecular complexity index is 875. The van der Waals surface area contributed by atoms with Gasteiger partial charge in [-0.3, -0.25) is 0 Å². The lowest BCUT2D eigenvalue weighted by Gasteiger charge is -2.32. The number of piperidine rings is 1. The van der Waals surface area contributed by atoms with Crippen LogP contribution in [0.5, 0.6) is 17.5 Å². The highest BCUT2D eigenvalue weighted by Crippen LogP contribution is 2.30. The number of aromatic nitrogens is 2. The normalized spacial score (nSPS) is 18.1. The van der Waals surface area contributed by atoms with Crippen molar-refractivity contribution in [2.75, 3.05) is 26.8 Å². The Morgan fingerprint density at radius 2 is 1.93 bits per heavy atom. The third-order valence-corrected chi connectivity index (χ3v) is 6.12. The van der Waals surface area contributed by atoms with Gasteiger partial charge in [0.15, 0.2) is 0 Å². The monoisotopic (exact) mass is 393 g/mol. The second-order valence-corrected chi connectivity index (χ2v) is 7.90. The second-order valence-electron chi connectivity index (χ2n) is 6.00. The van der Waals surface area contributed by atoms with Crippen LogP contribution in [-0.2, 0) is 10.0 Å². The van der Waals surface area contributed by atoms with Crippen LogP contribution in [0.15, 0.2) is 41.6 Å². The minimum Gasteiger partial charge on any atom is -0.492 e. The molecule has 0 spiro atoms. The fourth-order valence-corrected chi connectivity index (χ4v) is 4.63. The molecule has 1 fully saturated rings. The maximum Gasteiger partial charge on any atom is 0.278 e. The van der Waals surface area contributed by atoms with E-state index >= 15 is 0 Å². The van der Waals surface area contributed by atoms with E-state index in [-0.39, 0.29) is 29.3 Å². The molecule has 2 aromatic rings. The average Bonchev–Trinajstić information content (AvgIpc) is 2.69. The summed E-state index contributed by atoms with van der Waals surface area (Å²) in [5.74, 6) is 0.900. The lowest BCUT2D eigenvalue weighted by molar-refractivity contribution is 0.119. The summed E-state index contributed by atoms with van der Waals surface area (Å²) >= 11 is 0. The van der Waals surface area contributed by atoms with Crippen molar-refractivity contribution >= 4 is 10.0 Å². The zero-order chi connectivity index (χ0) is 19.3. The molecular formula is C18H23N3O5S. The SMILES string of the molecule is CCOc1ccccc1S(=O)(=O)N1CCCC(Oc2nccnc2OC)C1. The number of sulfonamides is 1. The molecule has 8 nitrogen and oxygen atoms in total. The van der Waals surface area contributed by atoms with Gasteiger partial charge in [0.25, 0.3) is 11.8 Å². The molecule has 27 heavy (non-hydrogen) atoms. The molecule has 3 rings (SSSR count). The molecule has 1 aromatic carbocycles. The molecule has 0 saturated carbocycles. The lowest BCUT2D eigenvalue weighted by atomic mass is 10.1. The van der Waals surface area contributed by atoms with Gasteiger partial charge in [-0.05, 0) is 31.9 Å². The summed E-state index contributed by atoms with van der Waals surface area (Å²) in [4.78, 5) is 8.35. The van der Waals surface area contributed by atoms with Crippen LogP contribution in [0.1, 0.15) is 19.8 Å². The van der Waals surface area contributed by atoms with Crippen molar-refractivity contribution in [1.29, 1.82) is 0 Å². The van der Waals surface area contributed by atoms with Gasteiger partial charge < -0.3 is 14.2 Å². The lowest BCUT2D eigenvalue weighted by Crippen LogP contribution is -2.44. The Hall–Kier alpha value is -2.39. The Morgan fingerprint density at radius 3 is 2.67 bits per heavy atom. The van der Waals surface area contributed by atoms with Crippen LogP contribution in [0, 0.1) is 0 Å². The highest BCUT2D eigenvalue weighted by molar-refractivity contribution is 7.89. The molecule has 2 heterocycles. The summed E-state index contributed by atoms with van der Waals surface area (Å²) < 4.78 is 44.2. The number of hydrogen-bond acceptors (Lipinski definition) is 7. The van der Waals surface area contributed by atoms with Gasteiger partial charge in [0.1, 0.15) is 16.7 Å². The predicted molar refractivity (Wildman–Crippen MR) is 98.6 cm³/mol. The zero-order valence-electron chi connectivity index (χ0n) is 15.4. The number of methoxy groups -OCH3 is 1. The number of para-hydroxylation sites is 1. The van der Waals surface area contributed by atoms with Crippen molar-refractivity contribution in [2.45, 2.75) is 30.8 Å². The number of nitrogens with zero attached hydrogens (tertiary/aromatic N) is 3. The van der Waals surface area contributed by atoms with E-state index in [1.807, 2.05) is 6.92 Å². The van der Waals surface area contributed by atoms with Crippen LogP contribution in [0.25, 0.3) is 0 Å². The average molecular weight is 393 g/mol. The van der Waals surface area contributed by atoms with Crippen LogP contribution < -0.4 is 14.2 Å². The van der Waals surface area contributed by atoms with E-state index in [0.29, 0.717) is 25.3 Å². The molecule has 0 amide bonds. The Labute approximate surface area is 159 Å². The summed E-state index contributed by atoms with van der Waals surface area (Å²) in [5.41, 5.74) is 0. The van der Waals surface area contributed by atoms with Gasteiger partial charge in [0.2, 0.25) is 10.0 Å². The predicted octanol–water partition coefficient (Wildman–Crippen LogP) is 2.12. The molecule has 0 aliphatic carbocycles. The molecule has 146 valence electrons. The number of ether oxygens (including phenoxy) is 3. The standard InChI is InChI=1S/C18H23N3O5S/c1-3-25-15-8-4-5-9-16(15)27(22,23)21-12-6-7-14(13-21)26-18-17(24-2)19-10-11-20-18/h4-5,8-11,14H,3,6-7,12-13H2,1-2H3. The van der Waals surface area contributed by atoms with Crippen LogP contribution >= 0.6 is 0 Å². The molecule has 1 atom stereocenters. The Balaban J connectivity index is 1.79. The maximum absolute atomic E-state index is 13.1. The van der Waals surface area contributed by atoms with Gasteiger partial charge in [0, 0.05) is 18.9 Å². The minimum atomic E-state index is -3.69. The number of rotatable bonds is 7. The molecule has 1 saturated heterocycles.